The van der Waals surface area contributed by atoms with E-state index in [0.29, 0.717) is 5.57 Å². The number of hydrogen-bond donors (Lipinski definition) is 3. The Morgan fingerprint density at radius 2 is 1.90 bits per heavy atom. The predicted molar refractivity (Wildman–Crippen MR) is 118 cm³/mol. The van der Waals surface area contributed by atoms with Gasteiger partial charge in [-0.05, 0) is 43.7 Å². The number of benzene rings is 1. The van der Waals surface area contributed by atoms with E-state index in [1.54, 1.807) is 25.8 Å². The molecule has 3 N–H and O–H groups in total. The molecule has 8 heteroatoms. The zero-order valence-electron chi connectivity index (χ0n) is 18.0. The molecule has 0 radical (unpaired) electrons. The number of amides is 1. The Bertz CT molecular complexity index is 796. The van der Waals surface area contributed by atoms with Crippen molar-refractivity contribution in [3.63, 3.8) is 0 Å². The van der Waals surface area contributed by atoms with Crippen molar-refractivity contribution in [3.05, 3.63) is 41.1 Å². The van der Waals surface area contributed by atoms with Crippen molar-refractivity contribution in [2.24, 2.45) is 5.92 Å². The van der Waals surface area contributed by atoms with E-state index in [9.17, 15) is 9.59 Å². The summed E-state index contributed by atoms with van der Waals surface area (Å²) >= 11 is 1.69. The fourth-order valence-electron chi connectivity index (χ4n) is 3.99. The van der Waals surface area contributed by atoms with Gasteiger partial charge in [-0.1, -0.05) is 25.5 Å². The molecule has 164 valence electrons. The van der Waals surface area contributed by atoms with Gasteiger partial charge in [-0.2, -0.15) is 0 Å². The molecule has 4 atom stereocenters. The van der Waals surface area contributed by atoms with Gasteiger partial charge in [-0.25, -0.2) is 4.79 Å². The minimum absolute atomic E-state index is 0.0737. The topological polar surface area (TPSA) is 88.7 Å². The third-order valence-electron chi connectivity index (χ3n) is 5.46. The highest BCUT2D eigenvalue weighted by atomic mass is 32.2. The summed E-state index contributed by atoms with van der Waals surface area (Å²) < 4.78 is 10.6. The van der Waals surface area contributed by atoms with E-state index < -0.39 is 17.8 Å². The summed E-state index contributed by atoms with van der Waals surface area (Å²) in [5.74, 6) is 0.321. The minimum atomic E-state index is -0.482. The van der Waals surface area contributed by atoms with Crippen molar-refractivity contribution in [2.75, 3.05) is 19.5 Å². The van der Waals surface area contributed by atoms with Crippen LogP contribution in [0.3, 0.4) is 0 Å². The van der Waals surface area contributed by atoms with E-state index in [2.05, 4.69) is 22.9 Å². The molecule has 1 amide bonds. The van der Waals surface area contributed by atoms with Gasteiger partial charge < -0.3 is 20.1 Å². The molecule has 1 fully saturated rings. The molecule has 0 aromatic heterocycles. The van der Waals surface area contributed by atoms with Gasteiger partial charge in [0.15, 0.2) is 0 Å². The number of hydrogen-bond acceptors (Lipinski definition) is 7. The first-order valence-electron chi connectivity index (χ1n) is 10.5. The first-order valence-corrected chi connectivity index (χ1v) is 11.5. The monoisotopic (exact) mass is 433 g/mol. The minimum Gasteiger partial charge on any atom is -0.497 e. The van der Waals surface area contributed by atoms with Gasteiger partial charge in [0.2, 0.25) is 5.91 Å². The van der Waals surface area contributed by atoms with Crippen LogP contribution in [0.5, 0.6) is 5.75 Å². The number of methoxy groups -OCH3 is 1. The Morgan fingerprint density at radius 3 is 2.53 bits per heavy atom. The second kappa shape index (κ2) is 10.2. The van der Waals surface area contributed by atoms with E-state index in [1.807, 2.05) is 31.2 Å². The number of nitrogens with one attached hydrogen (secondary N) is 3. The van der Waals surface area contributed by atoms with Crippen LogP contribution >= 0.6 is 11.8 Å². The average Bonchev–Trinajstić information content (AvgIpc) is 2.73. The van der Waals surface area contributed by atoms with Gasteiger partial charge in [-0.3, -0.25) is 10.1 Å². The lowest BCUT2D eigenvalue weighted by Gasteiger charge is -2.45. The zero-order chi connectivity index (χ0) is 21.7. The van der Waals surface area contributed by atoms with Crippen molar-refractivity contribution in [3.8, 4) is 5.75 Å². The molecule has 3 rings (SSSR count). The van der Waals surface area contributed by atoms with Crippen LogP contribution in [0.2, 0.25) is 0 Å². The molecule has 2 heterocycles. The van der Waals surface area contributed by atoms with Gasteiger partial charge in [0.25, 0.3) is 0 Å². The number of esters is 1. The molecule has 1 aromatic rings. The van der Waals surface area contributed by atoms with E-state index in [1.165, 1.54) is 0 Å². The van der Waals surface area contributed by atoms with Gasteiger partial charge in [0, 0.05) is 11.6 Å². The predicted octanol–water partition coefficient (Wildman–Crippen LogP) is 2.70. The van der Waals surface area contributed by atoms with Crippen LogP contribution in [0.4, 0.5) is 0 Å². The first kappa shape index (κ1) is 22.5. The Labute approximate surface area is 182 Å². The van der Waals surface area contributed by atoms with Crippen molar-refractivity contribution in [2.45, 2.75) is 51.2 Å². The fourth-order valence-corrected chi connectivity index (χ4v) is 5.13. The zero-order valence-corrected chi connectivity index (χ0v) is 18.8. The Hall–Kier alpha value is -2.19. The van der Waals surface area contributed by atoms with Gasteiger partial charge in [0.05, 0.1) is 31.4 Å². The normalized spacial score (nSPS) is 25.8. The maximum atomic E-state index is 13.2. The number of thioether (sulfide) groups is 1. The molecule has 0 bridgehead atoms. The summed E-state index contributed by atoms with van der Waals surface area (Å²) in [6.45, 7) is 6.07. The number of fused-ring (bicyclic) bond motifs is 1. The fraction of sp³-hybridized carbons (Fsp3) is 0.545. The maximum Gasteiger partial charge on any atom is 0.336 e. The molecular weight excluding hydrogens is 402 g/mol. The lowest BCUT2D eigenvalue weighted by molar-refractivity contribution is -0.139. The van der Waals surface area contributed by atoms with Crippen LogP contribution in [0, 0.1) is 5.92 Å². The van der Waals surface area contributed by atoms with Crippen molar-refractivity contribution in [1.29, 1.82) is 0 Å². The van der Waals surface area contributed by atoms with Crippen LogP contribution in [-0.2, 0) is 14.3 Å². The molecule has 30 heavy (non-hydrogen) atoms. The van der Waals surface area contributed by atoms with Crippen LogP contribution in [0.1, 0.15) is 45.1 Å². The van der Waals surface area contributed by atoms with E-state index in [0.717, 1.165) is 35.6 Å². The van der Waals surface area contributed by atoms with Crippen LogP contribution in [-0.4, -0.2) is 43.0 Å². The highest BCUT2D eigenvalue weighted by Crippen LogP contribution is 2.41. The standard InChI is InChI=1S/C22H31N3O4S/c1-5-7-12-30-22-24-19-18(20(26)25-22)17(14-8-10-15(28-4)11-9-14)16(13(3)23-19)21(27)29-6-2/h8-11,17-19,22-24H,5-7,12H2,1-4H3,(H,25,26). The van der Waals surface area contributed by atoms with E-state index in [4.69, 9.17) is 9.47 Å². The summed E-state index contributed by atoms with van der Waals surface area (Å²) in [7, 11) is 1.61. The number of rotatable bonds is 8. The molecule has 2 aliphatic rings. The molecule has 0 spiro atoms. The van der Waals surface area contributed by atoms with Crippen molar-refractivity contribution in [1.82, 2.24) is 16.0 Å². The number of carbonyl (C=O) groups excluding carboxylic acids is 2. The molecule has 4 unspecified atom stereocenters. The summed E-state index contributed by atoms with van der Waals surface area (Å²) in [5, 5.41) is 9.92. The highest BCUT2D eigenvalue weighted by molar-refractivity contribution is 7.99. The average molecular weight is 434 g/mol. The lowest BCUT2D eigenvalue weighted by Crippen LogP contribution is -2.67. The summed E-state index contributed by atoms with van der Waals surface area (Å²) in [4.78, 5) is 26.0. The largest absolute Gasteiger partial charge is 0.497 e. The number of carbonyl (C=O) groups is 2. The molecule has 7 nitrogen and oxygen atoms in total. The smallest absolute Gasteiger partial charge is 0.336 e. The third-order valence-corrected chi connectivity index (χ3v) is 6.58. The highest BCUT2D eigenvalue weighted by Gasteiger charge is 2.48. The van der Waals surface area contributed by atoms with Crippen LogP contribution < -0.4 is 20.7 Å². The van der Waals surface area contributed by atoms with Crippen LogP contribution in [0.15, 0.2) is 35.5 Å². The first-order chi connectivity index (χ1) is 14.5. The second-order valence-electron chi connectivity index (χ2n) is 7.44. The molecule has 0 aliphatic carbocycles. The Kier molecular flexibility index (Phi) is 7.66. The quantitative estimate of drug-likeness (QED) is 0.429. The van der Waals surface area contributed by atoms with Gasteiger partial charge >= 0.3 is 5.97 Å². The maximum absolute atomic E-state index is 13.2. The number of ether oxygens (including phenoxy) is 2. The van der Waals surface area contributed by atoms with Gasteiger partial charge in [0.1, 0.15) is 11.2 Å². The lowest BCUT2D eigenvalue weighted by atomic mass is 9.74. The Morgan fingerprint density at radius 1 is 1.17 bits per heavy atom. The second-order valence-corrected chi connectivity index (χ2v) is 8.65. The van der Waals surface area contributed by atoms with E-state index >= 15 is 0 Å². The van der Waals surface area contributed by atoms with Crippen molar-refractivity contribution >= 4 is 23.6 Å². The van der Waals surface area contributed by atoms with Gasteiger partial charge in [-0.15, -0.1) is 11.8 Å². The molecule has 1 saturated heterocycles. The molecule has 1 aromatic carbocycles. The summed E-state index contributed by atoms with van der Waals surface area (Å²) in [6, 6.07) is 7.52. The molecule has 2 aliphatic heterocycles. The summed E-state index contributed by atoms with van der Waals surface area (Å²) in [5.41, 5.74) is 1.95. The third kappa shape index (κ3) is 4.75. The van der Waals surface area contributed by atoms with Crippen LogP contribution in [0.25, 0.3) is 0 Å². The Balaban J connectivity index is 1.95. The molecule has 0 saturated carbocycles. The molecular formula is C22H31N3O4S. The number of allylic oxidation sites excluding steroid dienone is 1. The SMILES string of the molecule is CCCCSC1NC(=O)C2C(NC(C)=C(C(=O)OCC)C2c2ccc(OC)cc2)N1. The summed E-state index contributed by atoms with van der Waals surface area (Å²) in [6.07, 6.45) is 1.94. The number of unbranched alkanes of at least 4 members (excludes halogenated alkanes) is 1. The van der Waals surface area contributed by atoms with E-state index in [-0.39, 0.29) is 24.2 Å². The van der Waals surface area contributed by atoms with Crippen molar-refractivity contribution < 1.29 is 19.1 Å².